The van der Waals surface area contributed by atoms with Crippen LogP contribution in [0.25, 0.3) is 0 Å². The van der Waals surface area contributed by atoms with E-state index >= 15 is 0 Å². The van der Waals surface area contributed by atoms with Crippen LogP contribution in [0.2, 0.25) is 0 Å². The van der Waals surface area contributed by atoms with Gasteiger partial charge in [0.2, 0.25) is 0 Å². The average Bonchev–Trinajstić information content (AvgIpc) is 2.59. The maximum Gasteiger partial charge on any atom is 0.191 e. The molecule has 0 amide bonds. The number of guanidine groups is 1. The molecule has 6 heteroatoms. The van der Waals surface area contributed by atoms with Crippen LogP contribution in [0.4, 0.5) is 0 Å². The third kappa shape index (κ3) is 6.57. The predicted molar refractivity (Wildman–Crippen MR) is 111 cm³/mol. The molecule has 1 aromatic carbocycles. The number of benzene rings is 1. The van der Waals surface area contributed by atoms with Crippen molar-refractivity contribution in [1.82, 2.24) is 15.5 Å². The van der Waals surface area contributed by atoms with Gasteiger partial charge in [-0.15, -0.1) is 24.0 Å². The highest BCUT2D eigenvalue weighted by atomic mass is 127. The van der Waals surface area contributed by atoms with Crippen LogP contribution >= 0.6 is 24.0 Å². The van der Waals surface area contributed by atoms with Crippen LogP contribution in [-0.2, 0) is 4.74 Å². The molecule has 5 nitrogen and oxygen atoms in total. The smallest absolute Gasteiger partial charge is 0.191 e. The number of aryl methyl sites for hydroxylation is 1. The number of hydrogen-bond donors (Lipinski definition) is 2. The highest BCUT2D eigenvalue weighted by Gasteiger charge is 2.22. The van der Waals surface area contributed by atoms with Gasteiger partial charge in [0.1, 0.15) is 0 Å². The molecule has 1 aromatic rings. The number of nitrogens with zero attached hydrogens (tertiary/aromatic N) is 2. The van der Waals surface area contributed by atoms with Crippen molar-refractivity contribution in [1.29, 1.82) is 0 Å². The van der Waals surface area contributed by atoms with Crippen LogP contribution in [0, 0.1) is 6.92 Å². The highest BCUT2D eigenvalue weighted by molar-refractivity contribution is 14.0. The zero-order chi connectivity index (χ0) is 16.5. The molecule has 1 fully saturated rings. The molecule has 1 aliphatic rings. The zero-order valence-corrected chi connectivity index (χ0v) is 17.4. The Hall–Kier alpha value is -0.860. The van der Waals surface area contributed by atoms with Crippen molar-refractivity contribution in [3.05, 3.63) is 35.4 Å². The van der Waals surface area contributed by atoms with E-state index in [2.05, 4.69) is 58.6 Å². The molecule has 1 heterocycles. The maximum absolute atomic E-state index is 5.51. The van der Waals surface area contributed by atoms with E-state index in [1.54, 1.807) is 0 Å². The van der Waals surface area contributed by atoms with Crippen LogP contribution < -0.4 is 10.6 Å². The predicted octanol–water partition coefficient (Wildman–Crippen LogP) is 2.56. The number of morpholine rings is 1. The summed E-state index contributed by atoms with van der Waals surface area (Å²) < 4.78 is 5.51. The summed E-state index contributed by atoms with van der Waals surface area (Å²) >= 11 is 0. The van der Waals surface area contributed by atoms with E-state index in [1.807, 2.05) is 7.05 Å². The molecular formula is C18H31IN4O. The van der Waals surface area contributed by atoms with E-state index in [1.165, 1.54) is 11.1 Å². The Labute approximate surface area is 163 Å². The molecule has 1 unspecified atom stereocenters. The summed E-state index contributed by atoms with van der Waals surface area (Å²) in [7, 11) is 1.82. The fraction of sp³-hybridized carbons (Fsp3) is 0.611. The molecule has 0 spiro atoms. The first kappa shape index (κ1) is 21.2. The standard InChI is InChI=1S/C18H30N4O.HI/c1-4-8-20-18(19-3)21-14-17(22-9-11-23-12-10-22)16-7-5-6-15(2)13-16;/h5-7,13,17H,4,8-12,14H2,1-3H3,(H2,19,20,21);1H. The fourth-order valence-corrected chi connectivity index (χ4v) is 2.88. The molecule has 1 saturated heterocycles. The lowest BCUT2D eigenvalue weighted by Crippen LogP contribution is -2.46. The lowest BCUT2D eigenvalue weighted by molar-refractivity contribution is 0.0170. The Morgan fingerprint density at radius 3 is 2.67 bits per heavy atom. The summed E-state index contributed by atoms with van der Waals surface area (Å²) in [4.78, 5) is 6.80. The summed E-state index contributed by atoms with van der Waals surface area (Å²) in [6, 6.07) is 9.12. The number of ether oxygens (including phenoxy) is 1. The second-order valence-corrected chi connectivity index (χ2v) is 5.96. The molecular weight excluding hydrogens is 415 g/mol. The van der Waals surface area contributed by atoms with Gasteiger partial charge in [-0.25, -0.2) is 0 Å². The van der Waals surface area contributed by atoms with Gasteiger partial charge in [-0.2, -0.15) is 0 Å². The molecule has 0 bridgehead atoms. The van der Waals surface area contributed by atoms with Crippen LogP contribution in [0.15, 0.2) is 29.3 Å². The summed E-state index contributed by atoms with van der Waals surface area (Å²) in [5.74, 6) is 0.873. The minimum Gasteiger partial charge on any atom is -0.379 e. The molecule has 2 rings (SSSR count). The SMILES string of the molecule is CCCNC(=NC)NCC(c1cccc(C)c1)N1CCOCC1.I. The van der Waals surface area contributed by atoms with Gasteiger partial charge in [0.15, 0.2) is 5.96 Å². The molecule has 0 saturated carbocycles. The van der Waals surface area contributed by atoms with E-state index in [0.29, 0.717) is 6.04 Å². The fourth-order valence-electron chi connectivity index (χ4n) is 2.88. The van der Waals surface area contributed by atoms with Gasteiger partial charge in [0.05, 0.1) is 19.3 Å². The van der Waals surface area contributed by atoms with Crippen molar-refractivity contribution in [3.63, 3.8) is 0 Å². The topological polar surface area (TPSA) is 48.9 Å². The Bertz CT molecular complexity index is 504. The van der Waals surface area contributed by atoms with E-state index in [9.17, 15) is 0 Å². The first-order valence-electron chi connectivity index (χ1n) is 8.57. The lowest BCUT2D eigenvalue weighted by Gasteiger charge is -2.35. The Morgan fingerprint density at radius 2 is 2.04 bits per heavy atom. The van der Waals surface area contributed by atoms with Crippen molar-refractivity contribution >= 4 is 29.9 Å². The van der Waals surface area contributed by atoms with Crippen LogP contribution in [0.5, 0.6) is 0 Å². The van der Waals surface area contributed by atoms with Crippen LogP contribution in [0.1, 0.15) is 30.5 Å². The monoisotopic (exact) mass is 446 g/mol. The van der Waals surface area contributed by atoms with Gasteiger partial charge >= 0.3 is 0 Å². The number of halogens is 1. The molecule has 1 aliphatic heterocycles. The van der Waals surface area contributed by atoms with Gasteiger partial charge in [-0.05, 0) is 18.9 Å². The summed E-state index contributed by atoms with van der Waals surface area (Å²) in [5, 5.41) is 6.81. The third-order valence-electron chi connectivity index (χ3n) is 4.14. The van der Waals surface area contributed by atoms with Crippen molar-refractivity contribution in [2.75, 3.05) is 46.4 Å². The maximum atomic E-state index is 5.51. The van der Waals surface area contributed by atoms with Gasteiger partial charge in [-0.1, -0.05) is 36.8 Å². The van der Waals surface area contributed by atoms with Crippen molar-refractivity contribution in [2.45, 2.75) is 26.3 Å². The van der Waals surface area contributed by atoms with E-state index < -0.39 is 0 Å². The summed E-state index contributed by atoms with van der Waals surface area (Å²) in [6.45, 7) is 9.65. The van der Waals surface area contributed by atoms with Gasteiger partial charge in [0, 0.05) is 33.2 Å². The normalized spacial score (nSPS) is 17.0. The summed E-state index contributed by atoms with van der Waals surface area (Å²) in [5.41, 5.74) is 2.65. The number of hydrogen-bond acceptors (Lipinski definition) is 3. The molecule has 0 radical (unpaired) electrons. The zero-order valence-electron chi connectivity index (χ0n) is 15.0. The Morgan fingerprint density at radius 1 is 1.29 bits per heavy atom. The van der Waals surface area contributed by atoms with E-state index in [0.717, 1.165) is 51.8 Å². The molecule has 0 aliphatic carbocycles. The van der Waals surface area contributed by atoms with Crippen molar-refractivity contribution in [2.24, 2.45) is 4.99 Å². The van der Waals surface area contributed by atoms with E-state index in [4.69, 9.17) is 4.74 Å². The highest BCUT2D eigenvalue weighted by Crippen LogP contribution is 2.22. The van der Waals surface area contributed by atoms with Gasteiger partial charge in [-0.3, -0.25) is 9.89 Å². The number of nitrogens with one attached hydrogen (secondary N) is 2. The second-order valence-electron chi connectivity index (χ2n) is 5.96. The molecule has 0 aromatic heterocycles. The van der Waals surface area contributed by atoms with Gasteiger partial charge in [0.25, 0.3) is 0 Å². The van der Waals surface area contributed by atoms with Crippen LogP contribution in [0.3, 0.4) is 0 Å². The number of aliphatic imine (C=N–C) groups is 1. The third-order valence-corrected chi connectivity index (χ3v) is 4.14. The Kier molecular flexibility index (Phi) is 10.3. The second kappa shape index (κ2) is 11.7. The summed E-state index contributed by atoms with van der Waals surface area (Å²) in [6.07, 6.45) is 1.09. The lowest BCUT2D eigenvalue weighted by atomic mass is 10.0. The van der Waals surface area contributed by atoms with Crippen molar-refractivity contribution in [3.8, 4) is 0 Å². The average molecular weight is 446 g/mol. The minimum atomic E-state index is 0. The molecule has 2 N–H and O–H groups in total. The molecule has 136 valence electrons. The molecule has 1 atom stereocenters. The Balaban J connectivity index is 0.00000288. The molecule has 24 heavy (non-hydrogen) atoms. The van der Waals surface area contributed by atoms with E-state index in [-0.39, 0.29) is 24.0 Å². The minimum absolute atomic E-state index is 0. The first-order chi connectivity index (χ1) is 11.2. The largest absolute Gasteiger partial charge is 0.379 e. The first-order valence-corrected chi connectivity index (χ1v) is 8.57. The number of rotatable bonds is 6. The quantitative estimate of drug-likeness (QED) is 0.401. The van der Waals surface area contributed by atoms with Crippen LogP contribution in [-0.4, -0.2) is 57.3 Å². The van der Waals surface area contributed by atoms with Crippen molar-refractivity contribution < 1.29 is 4.74 Å². The van der Waals surface area contributed by atoms with Gasteiger partial charge < -0.3 is 15.4 Å².